The topological polar surface area (TPSA) is 57.3 Å². The Bertz CT molecular complexity index is 489. The van der Waals surface area contributed by atoms with E-state index in [1.165, 1.54) is 12.8 Å². The molecule has 5 nitrogen and oxygen atoms in total. The van der Waals surface area contributed by atoms with Crippen molar-refractivity contribution < 1.29 is 4.79 Å². The lowest BCUT2D eigenvalue weighted by Gasteiger charge is -2.21. The van der Waals surface area contributed by atoms with Crippen LogP contribution in [0.2, 0.25) is 5.02 Å². The first-order valence-electron chi connectivity index (χ1n) is 7.52. The second-order valence-electron chi connectivity index (χ2n) is 5.47. The molecule has 2 rings (SSSR count). The Labute approximate surface area is 131 Å². The van der Waals surface area contributed by atoms with E-state index in [1.54, 1.807) is 12.3 Å². The second-order valence-corrected chi connectivity index (χ2v) is 5.87. The number of likely N-dealkylation sites (tertiary alicyclic amines) is 1. The fourth-order valence-corrected chi connectivity index (χ4v) is 2.80. The lowest BCUT2D eigenvalue weighted by molar-refractivity contribution is 0.0931. The third-order valence-corrected chi connectivity index (χ3v) is 3.84. The number of hydrogen-bond acceptors (Lipinski definition) is 4. The molecule has 1 atom stereocenters. The minimum Gasteiger partial charge on any atom is -0.369 e. The summed E-state index contributed by atoms with van der Waals surface area (Å²) in [6.45, 7) is 7.89. The largest absolute Gasteiger partial charge is 0.369 e. The van der Waals surface area contributed by atoms with Crippen molar-refractivity contribution in [2.45, 2.75) is 32.7 Å². The molecule has 1 aliphatic heterocycles. The number of carbonyl (C=O) groups is 1. The second kappa shape index (κ2) is 7.61. The molecular weight excluding hydrogens is 288 g/mol. The third kappa shape index (κ3) is 4.58. The van der Waals surface area contributed by atoms with Crippen LogP contribution in [0.4, 0.5) is 5.82 Å². The van der Waals surface area contributed by atoms with Gasteiger partial charge in [0.25, 0.3) is 5.91 Å². The zero-order chi connectivity index (χ0) is 15.2. The summed E-state index contributed by atoms with van der Waals surface area (Å²) in [4.78, 5) is 18.8. The van der Waals surface area contributed by atoms with E-state index in [4.69, 9.17) is 11.6 Å². The molecule has 0 saturated carbocycles. The molecule has 2 heterocycles. The molecule has 116 valence electrons. The van der Waals surface area contributed by atoms with Crippen molar-refractivity contribution in [1.29, 1.82) is 0 Å². The van der Waals surface area contributed by atoms with Crippen LogP contribution in [0.25, 0.3) is 0 Å². The van der Waals surface area contributed by atoms with Crippen LogP contribution in [0.15, 0.2) is 12.3 Å². The van der Waals surface area contributed by atoms with Crippen LogP contribution in [0.1, 0.15) is 37.0 Å². The van der Waals surface area contributed by atoms with Crippen molar-refractivity contribution >= 4 is 23.3 Å². The van der Waals surface area contributed by atoms with E-state index in [2.05, 4.69) is 20.5 Å². The monoisotopic (exact) mass is 310 g/mol. The molecule has 1 saturated heterocycles. The van der Waals surface area contributed by atoms with Gasteiger partial charge in [0, 0.05) is 25.3 Å². The summed E-state index contributed by atoms with van der Waals surface area (Å²) < 4.78 is 0. The van der Waals surface area contributed by atoms with Crippen LogP contribution >= 0.6 is 11.6 Å². The van der Waals surface area contributed by atoms with Crippen molar-refractivity contribution in [1.82, 2.24) is 15.2 Å². The zero-order valence-electron chi connectivity index (χ0n) is 12.7. The quantitative estimate of drug-likeness (QED) is 0.847. The molecule has 0 radical (unpaired) electrons. The van der Waals surface area contributed by atoms with Crippen molar-refractivity contribution in [2.24, 2.45) is 0 Å². The molecule has 1 aliphatic rings. The number of amides is 1. The van der Waals surface area contributed by atoms with Gasteiger partial charge in [0.15, 0.2) is 0 Å². The maximum absolute atomic E-state index is 12.2. The standard InChI is InChI=1S/C15H23ClN4O/c1-3-17-14-13(16)8-12(9-18-14)15(21)19-11(2)10-20-6-4-5-7-20/h8-9,11H,3-7,10H2,1-2H3,(H,17,18)(H,19,21). The number of halogens is 1. The molecule has 1 aromatic heterocycles. The van der Waals surface area contributed by atoms with E-state index in [9.17, 15) is 4.79 Å². The van der Waals surface area contributed by atoms with Crippen molar-refractivity contribution in [3.63, 3.8) is 0 Å². The summed E-state index contributed by atoms with van der Waals surface area (Å²) >= 11 is 6.11. The highest BCUT2D eigenvalue weighted by Gasteiger charge is 2.17. The predicted molar refractivity (Wildman–Crippen MR) is 86.0 cm³/mol. The Morgan fingerprint density at radius 3 is 2.81 bits per heavy atom. The van der Waals surface area contributed by atoms with Crippen molar-refractivity contribution in [2.75, 3.05) is 31.5 Å². The van der Waals surface area contributed by atoms with Crippen LogP contribution < -0.4 is 10.6 Å². The number of pyridine rings is 1. The van der Waals surface area contributed by atoms with Gasteiger partial charge in [-0.3, -0.25) is 4.79 Å². The molecule has 1 aromatic rings. The van der Waals surface area contributed by atoms with Crippen LogP contribution in [-0.4, -0.2) is 48.0 Å². The van der Waals surface area contributed by atoms with Gasteiger partial charge in [-0.1, -0.05) is 11.6 Å². The van der Waals surface area contributed by atoms with Gasteiger partial charge in [-0.15, -0.1) is 0 Å². The first kappa shape index (κ1) is 16.0. The SMILES string of the molecule is CCNc1ncc(C(=O)NC(C)CN2CCCC2)cc1Cl. The Kier molecular flexibility index (Phi) is 5.82. The van der Waals surface area contributed by atoms with Gasteiger partial charge in [-0.05, 0) is 45.8 Å². The number of rotatable bonds is 6. The van der Waals surface area contributed by atoms with Gasteiger partial charge in [0.1, 0.15) is 5.82 Å². The number of hydrogen-bond donors (Lipinski definition) is 2. The first-order valence-corrected chi connectivity index (χ1v) is 7.90. The number of carbonyl (C=O) groups excluding carboxylic acids is 1. The summed E-state index contributed by atoms with van der Waals surface area (Å²) in [7, 11) is 0. The van der Waals surface area contributed by atoms with E-state index in [-0.39, 0.29) is 11.9 Å². The van der Waals surface area contributed by atoms with E-state index >= 15 is 0 Å². The predicted octanol–water partition coefficient (Wildman–Crippen LogP) is 2.38. The summed E-state index contributed by atoms with van der Waals surface area (Å²) in [5.74, 6) is 0.486. The average molecular weight is 311 g/mol. The van der Waals surface area contributed by atoms with E-state index in [1.807, 2.05) is 13.8 Å². The Balaban J connectivity index is 1.91. The molecule has 1 unspecified atom stereocenters. The zero-order valence-corrected chi connectivity index (χ0v) is 13.4. The lowest BCUT2D eigenvalue weighted by atomic mass is 10.2. The highest BCUT2D eigenvalue weighted by atomic mass is 35.5. The van der Waals surface area contributed by atoms with Crippen LogP contribution in [0, 0.1) is 0 Å². The molecule has 0 bridgehead atoms. The van der Waals surface area contributed by atoms with Gasteiger partial charge in [0.2, 0.25) is 0 Å². The molecule has 0 spiro atoms. The highest BCUT2D eigenvalue weighted by Crippen LogP contribution is 2.19. The number of aromatic nitrogens is 1. The minimum absolute atomic E-state index is 0.114. The summed E-state index contributed by atoms with van der Waals surface area (Å²) in [5.41, 5.74) is 0.495. The van der Waals surface area contributed by atoms with Crippen LogP contribution in [0.5, 0.6) is 0 Å². The molecule has 2 N–H and O–H groups in total. The summed E-state index contributed by atoms with van der Waals surface area (Å²) in [6.07, 6.45) is 4.07. The molecule has 0 aromatic carbocycles. The van der Waals surface area contributed by atoms with Gasteiger partial charge in [-0.25, -0.2) is 4.98 Å². The summed E-state index contributed by atoms with van der Waals surface area (Å²) in [5, 5.41) is 6.52. The van der Waals surface area contributed by atoms with Gasteiger partial charge in [0.05, 0.1) is 10.6 Å². The van der Waals surface area contributed by atoms with Crippen molar-refractivity contribution in [3.05, 3.63) is 22.8 Å². The van der Waals surface area contributed by atoms with Gasteiger partial charge >= 0.3 is 0 Å². The summed E-state index contributed by atoms with van der Waals surface area (Å²) in [6, 6.07) is 1.77. The number of nitrogens with zero attached hydrogens (tertiary/aromatic N) is 2. The van der Waals surface area contributed by atoms with Crippen LogP contribution in [-0.2, 0) is 0 Å². The molecular formula is C15H23ClN4O. The lowest BCUT2D eigenvalue weighted by Crippen LogP contribution is -2.41. The van der Waals surface area contributed by atoms with E-state index in [0.717, 1.165) is 26.2 Å². The normalized spacial score (nSPS) is 16.7. The van der Waals surface area contributed by atoms with Gasteiger partial charge < -0.3 is 15.5 Å². The smallest absolute Gasteiger partial charge is 0.253 e. The first-order chi connectivity index (χ1) is 10.1. The fourth-order valence-electron chi connectivity index (χ4n) is 2.56. The third-order valence-electron chi connectivity index (χ3n) is 3.56. The van der Waals surface area contributed by atoms with E-state index < -0.39 is 0 Å². The minimum atomic E-state index is -0.126. The Morgan fingerprint density at radius 1 is 1.48 bits per heavy atom. The van der Waals surface area contributed by atoms with Crippen LogP contribution in [0.3, 0.4) is 0 Å². The number of anilines is 1. The Morgan fingerprint density at radius 2 is 2.19 bits per heavy atom. The fraction of sp³-hybridized carbons (Fsp3) is 0.600. The molecule has 1 amide bonds. The maximum atomic E-state index is 12.2. The van der Waals surface area contributed by atoms with Crippen molar-refractivity contribution in [3.8, 4) is 0 Å². The molecule has 21 heavy (non-hydrogen) atoms. The molecule has 1 fully saturated rings. The molecule has 6 heteroatoms. The van der Waals surface area contributed by atoms with Gasteiger partial charge in [-0.2, -0.15) is 0 Å². The average Bonchev–Trinajstić information content (AvgIpc) is 2.93. The molecule has 0 aliphatic carbocycles. The highest BCUT2D eigenvalue weighted by molar-refractivity contribution is 6.33. The maximum Gasteiger partial charge on any atom is 0.253 e. The van der Waals surface area contributed by atoms with E-state index in [0.29, 0.717) is 16.4 Å². The number of nitrogens with one attached hydrogen (secondary N) is 2. The Hall–Kier alpha value is -1.33.